The first-order valence-electron chi connectivity index (χ1n) is 9.09. The first kappa shape index (κ1) is 19.1. The smallest absolute Gasteiger partial charge is 0.170 e. The van der Waals surface area contributed by atoms with Gasteiger partial charge in [0, 0.05) is 11.1 Å². The van der Waals surface area contributed by atoms with Crippen LogP contribution in [0.5, 0.6) is 0 Å². The Hall–Kier alpha value is -2.22. The highest BCUT2D eigenvalue weighted by atomic mass is 16.1. The molecule has 0 heterocycles. The maximum Gasteiger partial charge on any atom is 0.170 e. The summed E-state index contributed by atoms with van der Waals surface area (Å²) >= 11 is 0. The SMILES string of the molecule is CC(C)Cc1ccc(C(=O)CC(=O)c2ccc(CC(C)C)cc2)cc1. The Morgan fingerprint density at radius 3 is 1.24 bits per heavy atom. The summed E-state index contributed by atoms with van der Waals surface area (Å²) in [5, 5.41) is 0. The van der Waals surface area contributed by atoms with Crippen LogP contribution in [0.3, 0.4) is 0 Å². The van der Waals surface area contributed by atoms with Crippen LogP contribution in [0, 0.1) is 11.8 Å². The fraction of sp³-hybridized carbons (Fsp3) is 0.391. The standard InChI is InChI=1S/C23H28O2/c1-16(2)13-18-5-9-20(10-6-18)22(24)15-23(25)21-11-7-19(8-12-21)14-17(3)4/h5-12,16-17H,13-15H2,1-4H3. The minimum atomic E-state index is -0.118. The monoisotopic (exact) mass is 336 g/mol. The summed E-state index contributed by atoms with van der Waals surface area (Å²) < 4.78 is 0. The molecule has 0 atom stereocenters. The molecule has 0 spiro atoms. The normalized spacial score (nSPS) is 11.1. The first-order chi connectivity index (χ1) is 11.8. The van der Waals surface area contributed by atoms with Crippen LogP contribution >= 0.6 is 0 Å². The van der Waals surface area contributed by atoms with E-state index in [1.165, 1.54) is 11.1 Å². The number of carbonyl (C=O) groups excluding carboxylic acids is 2. The van der Waals surface area contributed by atoms with E-state index < -0.39 is 0 Å². The zero-order valence-electron chi connectivity index (χ0n) is 15.7. The van der Waals surface area contributed by atoms with Crippen molar-refractivity contribution in [2.45, 2.75) is 47.0 Å². The number of rotatable bonds is 8. The van der Waals surface area contributed by atoms with E-state index in [0.29, 0.717) is 23.0 Å². The zero-order valence-corrected chi connectivity index (χ0v) is 15.7. The predicted molar refractivity (Wildman–Crippen MR) is 103 cm³/mol. The number of benzene rings is 2. The van der Waals surface area contributed by atoms with Crippen LogP contribution in [0.1, 0.15) is 66.0 Å². The van der Waals surface area contributed by atoms with Crippen molar-refractivity contribution in [2.24, 2.45) is 11.8 Å². The maximum atomic E-state index is 12.4. The van der Waals surface area contributed by atoms with Crippen molar-refractivity contribution in [3.05, 3.63) is 70.8 Å². The molecule has 0 saturated heterocycles. The number of ketones is 2. The molecule has 0 bridgehead atoms. The van der Waals surface area contributed by atoms with Crippen LogP contribution in [0.25, 0.3) is 0 Å². The second-order valence-electron chi connectivity index (χ2n) is 7.61. The second kappa shape index (κ2) is 8.75. The van der Waals surface area contributed by atoms with Gasteiger partial charge in [0.05, 0.1) is 6.42 Å². The lowest BCUT2D eigenvalue weighted by Crippen LogP contribution is -2.09. The molecule has 132 valence electrons. The van der Waals surface area contributed by atoms with Gasteiger partial charge >= 0.3 is 0 Å². The van der Waals surface area contributed by atoms with Crippen LogP contribution < -0.4 is 0 Å². The summed E-state index contributed by atoms with van der Waals surface area (Å²) in [4.78, 5) is 24.7. The summed E-state index contributed by atoms with van der Waals surface area (Å²) in [7, 11) is 0. The molecule has 0 aliphatic heterocycles. The number of hydrogen-bond acceptors (Lipinski definition) is 2. The number of hydrogen-bond donors (Lipinski definition) is 0. The van der Waals surface area contributed by atoms with Gasteiger partial charge in [0.15, 0.2) is 11.6 Å². The first-order valence-corrected chi connectivity index (χ1v) is 9.09. The molecule has 0 fully saturated rings. The number of Topliss-reactive ketones (excluding diaryl/α,β-unsaturated/α-hetero) is 2. The highest BCUT2D eigenvalue weighted by Gasteiger charge is 2.14. The van der Waals surface area contributed by atoms with Gasteiger partial charge in [0.1, 0.15) is 0 Å². The van der Waals surface area contributed by atoms with Crippen molar-refractivity contribution in [2.75, 3.05) is 0 Å². The average molecular weight is 336 g/mol. The summed E-state index contributed by atoms with van der Waals surface area (Å²) in [5.41, 5.74) is 3.66. The maximum absolute atomic E-state index is 12.4. The van der Waals surface area contributed by atoms with Crippen LogP contribution in [0.4, 0.5) is 0 Å². The Balaban J connectivity index is 1.98. The van der Waals surface area contributed by atoms with Crippen molar-refractivity contribution in [1.29, 1.82) is 0 Å². The molecule has 0 aliphatic carbocycles. The van der Waals surface area contributed by atoms with E-state index in [1.54, 1.807) is 0 Å². The largest absolute Gasteiger partial charge is 0.294 e. The summed E-state index contributed by atoms with van der Waals surface area (Å²) in [6.45, 7) is 8.68. The van der Waals surface area contributed by atoms with Crippen LogP contribution in [-0.4, -0.2) is 11.6 Å². The molecule has 0 unspecified atom stereocenters. The lowest BCUT2D eigenvalue weighted by Gasteiger charge is -2.07. The fourth-order valence-electron chi connectivity index (χ4n) is 2.95. The van der Waals surface area contributed by atoms with Gasteiger partial charge in [0.25, 0.3) is 0 Å². The molecule has 0 aromatic heterocycles. The molecule has 0 N–H and O–H groups in total. The number of carbonyl (C=O) groups is 2. The van der Waals surface area contributed by atoms with E-state index in [2.05, 4.69) is 27.7 Å². The van der Waals surface area contributed by atoms with Gasteiger partial charge in [0.2, 0.25) is 0 Å². The Kier molecular flexibility index (Phi) is 6.69. The second-order valence-corrected chi connectivity index (χ2v) is 7.61. The third-order valence-corrected chi connectivity index (χ3v) is 4.16. The molecule has 2 aromatic carbocycles. The van der Waals surface area contributed by atoms with Gasteiger partial charge < -0.3 is 0 Å². The average Bonchev–Trinajstić information content (AvgIpc) is 2.55. The highest BCUT2D eigenvalue weighted by Crippen LogP contribution is 2.14. The van der Waals surface area contributed by atoms with Gasteiger partial charge in [-0.25, -0.2) is 0 Å². The third kappa shape index (κ3) is 5.97. The molecular formula is C23H28O2. The van der Waals surface area contributed by atoms with E-state index in [-0.39, 0.29) is 18.0 Å². The van der Waals surface area contributed by atoms with Gasteiger partial charge in [-0.3, -0.25) is 9.59 Å². The Morgan fingerprint density at radius 1 is 0.640 bits per heavy atom. The van der Waals surface area contributed by atoms with Crippen molar-refractivity contribution >= 4 is 11.6 Å². The molecule has 0 amide bonds. The zero-order chi connectivity index (χ0) is 18.4. The van der Waals surface area contributed by atoms with Crippen LogP contribution in [0.2, 0.25) is 0 Å². The van der Waals surface area contributed by atoms with Gasteiger partial charge in [-0.1, -0.05) is 76.2 Å². The molecule has 0 saturated carbocycles. The molecular weight excluding hydrogens is 308 g/mol. The van der Waals surface area contributed by atoms with E-state index in [0.717, 1.165) is 12.8 Å². The highest BCUT2D eigenvalue weighted by molar-refractivity contribution is 6.13. The molecule has 2 nitrogen and oxygen atoms in total. The van der Waals surface area contributed by atoms with Gasteiger partial charge in [-0.2, -0.15) is 0 Å². The van der Waals surface area contributed by atoms with Crippen LogP contribution in [-0.2, 0) is 12.8 Å². The Morgan fingerprint density at radius 2 is 0.960 bits per heavy atom. The predicted octanol–water partition coefficient (Wildman–Crippen LogP) is 5.54. The van der Waals surface area contributed by atoms with Crippen LogP contribution in [0.15, 0.2) is 48.5 Å². The fourth-order valence-corrected chi connectivity index (χ4v) is 2.95. The molecule has 2 rings (SSSR count). The summed E-state index contributed by atoms with van der Waals surface area (Å²) in [6, 6.07) is 15.3. The lowest BCUT2D eigenvalue weighted by atomic mass is 9.97. The third-order valence-electron chi connectivity index (χ3n) is 4.16. The molecule has 25 heavy (non-hydrogen) atoms. The molecule has 2 heteroatoms. The topological polar surface area (TPSA) is 34.1 Å². The Bertz CT molecular complexity index is 643. The van der Waals surface area contributed by atoms with Crippen molar-refractivity contribution in [3.8, 4) is 0 Å². The van der Waals surface area contributed by atoms with Crippen molar-refractivity contribution in [3.63, 3.8) is 0 Å². The minimum absolute atomic E-state index is 0.0763. The van der Waals surface area contributed by atoms with Gasteiger partial charge in [-0.05, 0) is 35.8 Å². The molecule has 0 aliphatic rings. The lowest BCUT2D eigenvalue weighted by molar-refractivity contribution is 0.0894. The summed E-state index contributed by atoms with van der Waals surface area (Å²) in [6.07, 6.45) is 1.92. The minimum Gasteiger partial charge on any atom is -0.294 e. The van der Waals surface area contributed by atoms with Crippen molar-refractivity contribution in [1.82, 2.24) is 0 Å². The molecule has 2 aromatic rings. The van der Waals surface area contributed by atoms with E-state index in [9.17, 15) is 9.59 Å². The molecule has 0 radical (unpaired) electrons. The van der Waals surface area contributed by atoms with E-state index in [4.69, 9.17) is 0 Å². The van der Waals surface area contributed by atoms with E-state index >= 15 is 0 Å². The summed E-state index contributed by atoms with van der Waals surface area (Å²) in [5.74, 6) is 0.934. The van der Waals surface area contributed by atoms with Gasteiger partial charge in [-0.15, -0.1) is 0 Å². The Labute approximate surface area is 151 Å². The quantitative estimate of drug-likeness (QED) is 0.468. The van der Waals surface area contributed by atoms with E-state index in [1.807, 2.05) is 48.5 Å². The van der Waals surface area contributed by atoms with Crippen molar-refractivity contribution < 1.29 is 9.59 Å².